The molecular formula is C10H16N4OS. The van der Waals surface area contributed by atoms with Crippen LogP contribution in [0.5, 0.6) is 0 Å². The van der Waals surface area contributed by atoms with Crippen LogP contribution < -0.4 is 10.6 Å². The Morgan fingerprint density at radius 3 is 2.94 bits per heavy atom. The quantitative estimate of drug-likeness (QED) is 0.783. The van der Waals surface area contributed by atoms with Gasteiger partial charge in [-0.05, 0) is 19.3 Å². The molecule has 6 heteroatoms. The normalized spacial score (nSPS) is 15.1. The molecule has 2 rings (SSSR count). The zero-order chi connectivity index (χ0) is 11.4. The van der Waals surface area contributed by atoms with Crippen molar-refractivity contribution in [2.24, 2.45) is 0 Å². The molecular weight excluding hydrogens is 224 g/mol. The lowest BCUT2D eigenvalue weighted by atomic mass is 10.4. The minimum absolute atomic E-state index is 0.00644. The average molecular weight is 240 g/mol. The van der Waals surface area contributed by atoms with Crippen LogP contribution in [0.1, 0.15) is 31.2 Å². The standard InChI is InChI=1S/C10H16N4OS/c1-2-9-13-14-10(16-9)12-8(15)5-6-11-7-3-4-7/h7,11H,2-6H2,1H3,(H,12,14,15). The number of hydrogen-bond donors (Lipinski definition) is 2. The zero-order valence-electron chi connectivity index (χ0n) is 9.32. The van der Waals surface area contributed by atoms with Gasteiger partial charge in [-0.15, -0.1) is 10.2 Å². The van der Waals surface area contributed by atoms with Gasteiger partial charge in [0.2, 0.25) is 11.0 Å². The molecule has 0 aliphatic heterocycles. The maximum absolute atomic E-state index is 11.5. The smallest absolute Gasteiger partial charge is 0.227 e. The largest absolute Gasteiger partial charge is 0.313 e. The van der Waals surface area contributed by atoms with Crippen molar-refractivity contribution in [1.29, 1.82) is 0 Å². The van der Waals surface area contributed by atoms with Crippen LogP contribution in [0, 0.1) is 0 Å². The molecule has 0 radical (unpaired) electrons. The first-order valence-electron chi connectivity index (χ1n) is 5.63. The van der Waals surface area contributed by atoms with Crippen molar-refractivity contribution in [3.63, 3.8) is 0 Å². The number of rotatable bonds is 6. The molecule has 1 aliphatic carbocycles. The van der Waals surface area contributed by atoms with Gasteiger partial charge in [-0.1, -0.05) is 18.3 Å². The van der Waals surface area contributed by atoms with Gasteiger partial charge in [0.05, 0.1) is 0 Å². The summed E-state index contributed by atoms with van der Waals surface area (Å²) in [4.78, 5) is 11.5. The summed E-state index contributed by atoms with van der Waals surface area (Å²) in [5, 5.41) is 15.5. The molecule has 1 saturated carbocycles. The van der Waals surface area contributed by atoms with Crippen molar-refractivity contribution in [3.05, 3.63) is 5.01 Å². The van der Waals surface area contributed by atoms with Crippen molar-refractivity contribution >= 4 is 22.4 Å². The molecule has 0 spiro atoms. The van der Waals surface area contributed by atoms with E-state index in [9.17, 15) is 4.79 Å². The molecule has 0 atom stereocenters. The highest BCUT2D eigenvalue weighted by molar-refractivity contribution is 7.15. The highest BCUT2D eigenvalue weighted by atomic mass is 32.1. The van der Waals surface area contributed by atoms with Crippen LogP contribution in [0.2, 0.25) is 0 Å². The second kappa shape index (κ2) is 5.36. The Balaban J connectivity index is 1.68. The fourth-order valence-corrected chi connectivity index (χ4v) is 2.00. The molecule has 5 nitrogen and oxygen atoms in total. The van der Waals surface area contributed by atoms with E-state index in [0.29, 0.717) is 17.6 Å². The van der Waals surface area contributed by atoms with Crippen molar-refractivity contribution in [1.82, 2.24) is 15.5 Å². The summed E-state index contributed by atoms with van der Waals surface area (Å²) in [6.45, 7) is 2.77. The first kappa shape index (κ1) is 11.5. The van der Waals surface area contributed by atoms with E-state index in [4.69, 9.17) is 0 Å². The van der Waals surface area contributed by atoms with Crippen LogP contribution in [0.25, 0.3) is 0 Å². The second-order valence-corrected chi connectivity index (χ2v) is 4.94. The van der Waals surface area contributed by atoms with Crippen LogP contribution in [0.3, 0.4) is 0 Å². The molecule has 0 bridgehead atoms. The highest BCUT2D eigenvalue weighted by Gasteiger charge is 2.20. The molecule has 0 unspecified atom stereocenters. The van der Waals surface area contributed by atoms with Crippen molar-refractivity contribution in [2.75, 3.05) is 11.9 Å². The summed E-state index contributed by atoms with van der Waals surface area (Å²) in [5.74, 6) is 0.00644. The molecule has 16 heavy (non-hydrogen) atoms. The van der Waals surface area contributed by atoms with Gasteiger partial charge < -0.3 is 10.6 Å². The van der Waals surface area contributed by atoms with Gasteiger partial charge in [0.25, 0.3) is 0 Å². The number of carbonyl (C=O) groups is 1. The van der Waals surface area contributed by atoms with Gasteiger partial charge in [-0.3, -0.25) is 4.79 Å². The molecule has 1 aliphatic rings. The average Bonchev–Trinajstić information content (AvgIpc) is 2.97. The van der Waals surface area contributed by atoms with E-state index in [0.717, 1.165) is 18.0 Å². The third-order valence-electron chi connectivity index (χ3n) is 2.38. The third-order valence-corrected chi connectivity index (χ3v) is 3.36. The zero-order valence-corrected chi connectivity index (χ0v) is 10.1. The number of hydrogen-bond acceptors (Lipinski definition) is 5. The third kappa shape index (κ3) is 3.53. The van der Waals surface area contributed by atoms with E-state index >= 15 is 0 Å². The van der Waals surface area contributed by atoms with Crippen molar-refractivity contribution in [2.45, 2.75) is 38.6 Å². The molecule has 0 saturated heterocycles. The first-order chi connectivity index (χ1) is 7.78. The van der Waals surface area contributed by atoms with Gasteiger partial charge in [0.15, 0.2) is 0 Å². The number of nitrogens with one attached hydrogen (secondary N) is 2. The molecule has 88 valence electrons. The van der Waals surface area contributed by atoms with Gasteiger partial charge in [-0.25, -0.2) is 0 Å². The fourth-order valence-electron chi connectivity index (χ4n) is 1.31. The maximum atomic E-state index is 11.5. The molecule has 1 aromatic rings. The Labute approximate surface area is 98.7 Å². The highest BCUT2D eigenvalue weighted by Crippen LogP contribution is 2.18. The molecule has 2 N–H and O–H groups in total. The number of nitrogens with zero attached hydrogens (tertiary/aromatic N) is 2. The van der Waals surface area contributed by atoms with Crippen LogP contribution in [-0.4, -0.2) is 28.7 Å². The lowest BCUT2D eigenvalue weighted by Gasteiger charge is -2.01. The van der Waals surface area contributed by atoms with Crippen LogP contribution in [0.4, 0.5) is 5.13 Å². The molecule has 1 amide bonds. The van der Waals surface area contributed by atoms with E-state index in [-0.39, 0.29) is 5.91 Å². The number of carbonyl (C=O) groups excluding carboxylic acids is 1. The summed E-state index contributed by atoms with van der Waals surface area (Å²) in [6.07, 6.45) is 3.85. The lowest BCUT2D eigenvalue weighted by molar-refractivity contribution is -0.116. The summed E-state index contributed by atoms with van der Waals surface area (Å²) < 4.78 is 0. The minimum atomic E-state index is 0.00644. The molecule has 1 fully saturated rings. The molecule has 0 aromatic carbocycles. The van der Waals surface area contributed by atoms with Gasteiger partial charge in [-0.2, -0.15) is 0 Å². The number of amides is 1. The monoisotopic (exact) mass is 240 g/mol. The van der Waals surface area contributed by atoms with Crippen LogP contribution in [0.15, 0.2) is 0 Å². The lowest BCUT2D eigenvalue weighted by Crippen LogP contribution is -2.23. The summed E-state index contributed by atoms with van der Waals surface area (Å²) in [7, 11) is 0. The number of aryl methyl sites for hydroxylation is 1. The van der Waals surface area contributed by atoms with E-state index in [2.05, 4.69) is 20.8 Å². The van der Waals surface area contributed by atoms with E-state index in [1.54, 1.807) is 0 Å². The molecule has 1 heterocycles. The Morgan fingerprint density at radius 2 is 2.31 bits per heavy atom. The van der Waals surface area contributed by atoms with Crippen molar-refractivity contribution in [3.8, 4) is 0 Å². The van der Waals surface area contributed by atoms with E-state index in [1.165, 1.54) is 24.2 Å². The van der Waals surface area contributed by atoms with Gasteiger partial charge >= 0.3 is 0 Å². The summed E-state index contributed by atoms with van der Waals surface area (Å²) in [6, 6.07) is 0.654. The fraction of sp³-hybridized carbons (Fsp3) is 0.700. The first-order valence-corrected chi connectivity index (χ1v) is 6.45. The van der Waals surface area contributed by atoms with E-state index in [1.807, 2.05) is 6.92 Å². The Bertz CT molecular complexity index is 361. The Hall–Kier alpha value is -1.01. The minimum Gasteiger partial charge on any atom is -0.313 e. The van der Waals surface area contributed by atoms with Crippen LogP contribution >= 0.6 is 11.3 Å². The Kier molecular flexibility index (Phi) is 3.84. The topological polar surface area (TPSA) is 66.9 Å². The predicted octanol–water partition coefficient (Wildman–Crippen LogP) is 1.18. The summed E-state index contributed by atoms with van der Waals surface area (Å²) in [5.41, 5.74) is 0. The van der Waals surface area contributed by atoms with Crippen LogP contribution in [-0.2, 0) is 11.2 Å². The SMILES string of the molecule is CCc1nnc(NC(=O)CCNC2CC2)s1. The summed E-state index contributed by atoms with van der Waals surface area (Å²) >= 11 is 1.44. The second-order valence-electron chi connectivity index (χ2n) is 3.88. The van der Waals surface area contributed by atoms with Gasteiger partial charge in [0.1, 0.15) is 5.01 Å². The van der Waals surface area contributed by atoms with Crippen molar-refractivity contribution < 1.29 is 4.79 Å². The Morgan fingerprint density at radius 1 is 1.50 bits per heavy atom. The van der Waals surface area contributed by atoms with E-state index < -0.39 is 0 Å². The van der Waals surface area contributed by atoms with Gasteiger partial charge in [0, 0.05) is 19.0 Å². The predicted molar refractivity (Wildman–Crippen MR) is 63.6 cm³/mol. The molecule has 1 aromatic heterocycles. The maximum Gasteiger partial charge on any atom is 0.227 e. The number of aromatic nitrogens is 2. The number of anilines is 1.